The molecule has 30 heavy (non-hydrogen) atoms. The average Bonchev–Trinajstić information content (AvgIpc) is 3.41. The Morgan fingerprint density at radius 2 is 2.10 bits per heavy atom. The van der Waals surface area contributed by atoms with Crippen LogP contribution in [0.3, 0.4) is 0 Å². The quantitative estimate of drug-likeness (QED) is 0.547. The second-order valence-electron chi connectivity index (χ2n) is 7.11. The fourth-order valence-corrected chi connectivity index (χ4v) is 4.24. The van der Waals surface area contributed by atoms with E-state index in [0.717, 1.165) is 37.6 Å². The molecule has 1 N–H and O–H groups in total. The third-order valence-electron chi connectivity index (χ3n) is 4.86. The molecule has 4 heterocycles. The number of aromatic nitrogens is 4. The highest BCUT2D eigenvalue weighted by atomic mass is 35.5. The van der Waals surface area contributed by atoms with Crippen molar-refractivity contribution in [2.45, 2.75) is 43.1 Å². The summed E-state index contributed by atoms with van der Waals surface area (Å²) in [5.74, 6) is 1.93. The SMILES string of the molecule is CC(Sc1nnc(N2CCCCC2)n1Cc1ccco1)C(=O)Nc1ccc(Cl)cn1. The van der Waals surface area contributed by atoms with Crippen molar-refractivity contribution >= 4 is 41.0 Å². The Bertz CT molecular complexity index is 970. The molecule has 1 atom stereocenters. The van der Waals surface area contributed by atoms with Crippen molar-refractivity contribution in [1.82, 2.24) is 19.7 Å². The lowest BCUT2D eigenvalue weighted by atomic mass is 10.1. The molecule has 0 bridgehead atoms. The smallest absolute Gasteiger partial charge is 0.238 e. The van der Waals surface area contributed by atoms with Gasteiger partial charge < -0.3 is 14.6 Å². The zero-order chi connectivity index (χ0) is 20.9. The van der Waals surface area contributed by atoms with Gasteiger partial charge in [0.1, 0.15) is 11.6 Å². The zero-order valence-corrected chi connectivity index (χ0v) is 18.2. The van der Waals surface area contributed by atoms with Crippen LogP contribution in [0.25, 0.3) is 0 Å². The van der Waals surface area contributed by atoms with E-state index in [9.17, 15) is 4.79 Å². The molecular weight excluding hydrogens is 424 g/mol. The number of nitrogens with one attached hydrogen (secondary N) is 1. The topological polar surface area (TPSA) is 89.1 Å². The van der Waals surface area contributed by atoms with Gasteiger partial charge in [-0.3, -0.25) is 9.36 Å². The number of pyridine rings is 1. The lowest BCUT2D eigenvalue weighted by Crippen LogP contribution is -2.32. The van der Waals surface area contributed by atoms with E-state index in [1.165, 1.54) is 24.4 Å². The molecule has 1 aliphatic heterocycles. The van der Waals surface area contributed by atoms with Crippen LogP contribution in [0.1, 0.15) is 31.9 Å². The molecule has 158 valence electrons. The van der Waals surface area contributed by atoms with Crippen molar-refractivity contribution in [3.05, 3.63) is 47.5 Å². The van der Waals surface area contributed by atoms with Crippen LogP contribution in [0.5, 0.6) is 0 Å². The van der Waals surface area contributed by atoms with Gasteiger partial charge in [-0.15, -0.1) is 10.2 Å². The van der Waals surface area contributed by atoms with E-state index in [-0.39, 0.29) is 5.91 Å². The van der Waals surface area contributed by atoms with Gasteiger partial charge in [0.15, 0.2) is 5.16 Å². The average molecular weight is 447 g/mol. The third kappa shape index (κ3) is 4.96. The zero-order valence-electron chi connectivity index (χ0n) is 16.6. The number of carbonyl (C=O) groups is 1. The van der Waals surface area contributed by atoms with Crippen molar-refractivity contribution in [1.29, 1.82) is 0 Å². The molecule has 1 amide bonds. The Morgan fingerprint density at radius 1 is 1.27 bits per heavy atom. The van der Waals surface area contributed by atoms with Gasteiger partial charge in [-0.05, 0) is 50.5 Å². The van der Waals surface area contributed by atoms with Crippen LogP contribution in [-0.2, 0) is 11.3 Å². The summed E-state index contributed by atoms with van der Waals surface area (Å²) in [6.45, 7) is 4.27. The summed E-state index contributed by atoms with van der Waals surface area (Å²) in [5.41, 5.74) is 0. The van der Waals surface area contributed by atoms with Crippen molar-refractivity contribution in [2.75, 3.05) is 23.3 Å². The van der Waals surface area contributed by atoms with Crippen LogP contribution < -0.4 is 10.2 Å². The summed E-state index contributed by atoms with van der Waals surface area (Å²) in [5, 5.41) is 12.5. The highest BCUT2D eigenvalue weighted by molar-refractivity contribution is 8.00. The number of piperidine rings is 1. The second-order valence-corrected chi connectivity index (χ2v) is 8.85. The molecule has 1 aliphatic rings. The van der Waals surface area contributed by atoms with Gasteiger partial charge in [0.05, 0.1) is 23.1 Å². The van der Waals surface area contributed by atoms with E-state index in [1.807, 2.05) is 23.6 Å². The van der Waals surface area contributed by atoms with Gasteiger partial charge in [0.25, 0.3) is 0 Å². The number of amides is 1. The number of thioether (sulfide) groups is 1. The molecule has 3 aromatic rings. The number of rotatable bonds is 7. The molecule has 3 aromatic heterocycles. The van der Waals surface area contributed by atoms with E-state index >= 15 is 0 Å². The minimum atomic E-state index is -0.392. The van der Waals surface area contributed by atoms with Crippen molar-refractivity contribution < 1.29 is 9.21 Å². The predicted octanol–water partition coefficient (Wildman–Crippen LogP) is 4.08. The van der Waals surface area contributed by atoms with E-state index < -0.39 is 5.25 Å². The maximum Gasteiger partial charge on any atom is 0.238 e. The van der Waals surface area contributed by atoms with Gasteiger partial charge in [-0.25, -0.2) is 4.98 Å². The number of anilines is 2. The Hall–Kier alpha value is -2.52. The maximum absolute atomic E-state index is 12.6. The predicted molar refractivity (Wildman–Crippen MR) is 117 cm³/mol. The number of nitrogens with zero attached hydrogens (tertiary/aromatic N) is 5. The van der Waals surface area contributed by atoms with Gasteiger partial charge in [0, 0.05) is 19.3 Å². The molecule has 0 saturated carbocycles. The Morgan fingerprint density at radius 3 is 2.80 bits per heavy atom. The fraction of sp³-hybridized carbons (Fsp3) is 0.400. The molecule has 0 radical (unpaired) electrons. The summed E-state index contributed by atoms with van der Waals surface area (Å²) in [6, 6.07) is 7.15. The van der Waals surface area contributed by atoms with E-state index in [1.54, 1.807) is 18.4 Å². The first-order valence-corrected chi connectivity index (χ1v) is 11.2. The second kappa shape index (κ2) is 9.53. The third-order valence-corrected chi connectivity index (χ3v) is 6.16. The fourth-order valence-electron chi connectivity index (χ4n) is 3.28. The van der Waals surface area contributed by atoms with Crippen LogP contribution >= 0.6 is 23.4 Å². The number of furan rings is 1. The molecule has 1 unspecified atom stereocenters. The number of hydrogen-bond donors (Lipinski definition) is 1. The molecule has 10 heteroatoms. The van der Waals surface area contributed by atoms with Crippen LogP contribution in [0.15, 0.2) is 46.3 Å². The first kappa shape index (κ1) is 20.7. The Balaban J connectivity index is 1.51. The Kier molecular flexibility index (Phi) is 6.59. The largest absolute Gasteiger partial charge is 0.467 e. The van der Waals surface area contributed by atoms with Crippen LogP contribution in [-0.4, -0.2) is 44.0 Å². The van der Waals surface area contributed by atoms with Gasteiger partial charge in [0.2, 0.25) is 11.9 Å². The normalized spacial score (nSPS) is 15.2. The number of hydrogen-bond acceptors (Lipinski definition) is 7. The van der Waals surface area contributed by atoms with E-state index in [4.69, 9.17) is 16.0 Å². The summed E-state index contributed by atoms with van der Waals surface area (Å²) in [6.07, 6.45) is 6.68. The van der Waals surface area contributed by atoms with E-state index in [2.05, 4.69) is 25.4 Å². The standard InChI is InChI=1S/C20H23ClN6O2S/c1-14(18(28)23-17-8-7-15(21)12-22-17)30-20-25-24-19(26-9-3-2-4-10-26)27(20)13-16-6-5-11-29-16/h5-8,11-12,14H,2-4,9-10,13H2,1H3,(H,22,23,28). The maximum atomic E-state index is 12.6. The number of carbonyl (C=O) groups excluding carboxylic acids is 1. The van der Waals surface area contributed by atoms with Crippen LogP contribution in [0, 0.1) is 0 Å². The molecule has 1 saturated heterocycles. The molecule has 0 aliphatic carbocycles. The molecule has 0 aromatic carbocycles. The summed E-state index contributed by atoms with van der Waals surface area (Å²) in [4.78, 5) is 19.0. The summed E-state index contributed by atoms with van der Waals surface area (Å²) in [7, 11) is 0. The van der Waals surface area contributed by atoms with Crippen molar-refractivity contribution in [3.63, 3.8) is 0 Å². The molecule has 8 nitrogen and oxygen atoms in total. The minimum Gasteiger partial charge on any atom is -0.467 e. The van der Waals surface area contributed by atoms with Crippen LogP contribution in [0.4, 0.5) is 11.8 Å². The first-order chi connectivity index (χ1) is 14.6. The van der Waals surface area contributed by atoms with Crippen LogP contribution in [0.2, 0.25) is 5.02 Å². The first-order valence-electron chi connectivity index (χ1n) is 9.90. The molecule has 1 fully saturated rings. The van der Waals surface area contributed by atoms with Crippen molar-refractivity contribution in [2.24, 2.45) is 0 Å². The minimum absolute atomic E-state index is 0.165. The van der Waals surface area contributed by atoms with Gasteiger partial charge in [-0.2, -0.15) is 0 Å². The lowest BCUT2D eigenvalue weighted by molar-refractivity contribution is -0.115. The van der Waals surface area contributed by atoms with Gasteiger partial charge in [-0.1, -0.05) is 23.4 Å². The highest BCUT2D eigenvalue weighted by Gasteiger charge is 2.24. The molecule has 4 rings (SSSR count). The monoisotopic (exact) mass is 446 g/mol. The summed E-state index contributed by atoms with van der Waals surface area (Å²) >= 11 is 7.21. The lowest BCUT2D eigenvalue weighted by Gasteiger charge is -2.27. The molecule has 0 spiro atoms. The highest BCUT2D eigenvalue weighted by Crippen LogP contribution is 2.28. The molecular formula is C20H23ClN6O2S. The number of halogens is 1. The van der Waals surface area contributed by atoms with Gasteiger partial charge >= 0.3 is 0 Å². The van der Waals surface area contributed by atoms with Crippen molar-refractivity contribution in [3.8, 4) is 0 Å². The van der Waals surface area contributed by atoms with E-state index in [0.29, 0.717) is 22.5 Å². The summed E-state index contributed by atoms with van der Waals surface area (Å²) < 4.78 is 7.57. The Labute approximate surface area is 184 Å².